The highest BCUT2D eigenvalue weighted by Gasteiger charge is 2.13. The molecule has 0 fully saturated rings. The Morgan fingerprint density at radius 2 is 2.00 bits per heavy atom. The summed E-state index contributed by atoms with van der Waals surface area (Å²) in [6.45, 7) is -0.384. The fourth-order valence-electron chi connectivity index (χ4n) is 1.96. The number of carbonyl (C=O) groups excluding carboxylic acids is 1. The second-order valence-electron chi connectivity index (χ2n) is 4.46. The zero-order chi connectivity index (χ0) is 15.7. The van der Waals surface area contributed by atoms with Gasteiger partial charge >= 0.3 is 0 Å². The second-order valence-corrected chi connectivity index (χ2v) is 5.36. The number of nitrogens with zero attached hydrogens (tertiary/aromatic N) is 2. The van der Waals surface area contributed by atoms with Crippen LogP contribution in [0.25, 0.3) is 10.2 Å². The average molecular weight is 321 g/mol. The standard InChI is InChI=1S/C14H9F2N3O2S/c15-9-2-1-3-10(16)12(9)18-11(20)6-19-7-17-13-8(14(19)21)4-5-22-13/h1-5,7H,6H2,(H,18,20). The number of carbonyl (C=O) groups is 1. The lowest BCUT2D eigenvalue weighted by Gasteiger charge is -2.08. The van der Waals surface area contributed by atoms with Gasteiger partial charge in [-0.05, 0) is 23.6 Å². The predicted octanol–water partition coefficient (Wildman–Crippen LogP) is 2.37. The lowest BCUT2D eigenvalue weighted by Crippen LogP contribution is -2.28. The Balaban J connectivity index is 1.84. The van der Waals surface area contributed by atoms with Gasteiger partial charge in [-0.15, -0.1) is 11.3 Å². The molecule has 0 aliphatic heterocycles. The third-order valence-electron chi connectivity index (χ3n) is 2.99. The molecule has 0 atom stereocenters. The van der Waals surface area contributed by atoms with Crippen molar-refractivity contribution in [3.63, 3.8) is 0 Å². The summed E-state index contributed by atoms with van der Waals surface area (Å²) in [6, 6.07) is 4.87. The molecular formula is C14H9F2N3O2S. The largest absolute Gasteiger partial charge is 0.320 e. The molecule has 0 saturated heterocycles. The van der Waals surface area contributed by atoms with Gasteiger partial charge in [0.1, 0.15) is 28.7 Å². The van der Waals surface area contributed by atoms with Gasteiger partial charge in [0.15, 0.2) is 0 Å². The van der Waals surface area contributed by atoms with Crippen LogP contribution in [0.5, 0.6) is 0 Å². The first-order valence-electron chi connectivity index (χ1n) is 6.23. The van der Waals surface area contributed by atoms with E-state index < -0.39 is 23.2 Å². The van der Waals surface area contributed by atoms with Crippen LogP contribution in [-0.4, -0.2) is 15.5 Å². The van der Waals surface area contributed by atoms with E-state index in [1.807, 2.05) is 0 Å². The lowest BCUT2D eigenvalue weighted by atomic mass is 10.3. The molecule has 112 valence electrons. The summed E-state index contributed by atoms with van der Waals surface area (Å²) in [6.07, 6.45) is 1.23. The Morgan fingerprint density at radius 3 is 2.73 bits per heavy atom. The fourth-order valence-corrected chi connectivity index (χ4v) is 2.68. The maximum atomic E-state index is 13.5. The third kappa shape index (κ3) is 2.60. The normalized spacial score (nSPS) is 10.8. The van der Waals surface area contributed by atoms with Gasteiger partial charge in [0.2, 0.25) is 5.91 Å². The highest BCUT2D eigenvalue weighted by atomic mass is 32.1. The van der Waals surface area contributed by atoms with Crippen molar-refractivity contribution in [3.05, 3.63) is 58.0 Å². The van der Waals surface area contributed by atoms with Crippen LogP contribution in [0, 0.1) is 11.6 Å². The van der Waals surface area contributed by atoms with Gasteiger partial charge in [0.05, 0.1) is 11.7 Å². The van der Waals surface area contributed by atoms with E-state index in [0.29, 0.717) is 10.2 Å². The van der Waals surface area contributed by atoms with E-state index in [0.717, 1.165) is 16.7 Å². The summed E-state index contributed by atoms with van der Waals surface area (Å²) in [5, 5.41) is 4.24. The maximum Gasteiger partial charge on any atom is 0.262 e. The molecule has 0 aliphatic rings. The third-order valence-corrected chi connectivity index (χ3v) is 3.81. The topological polar surface area (TPSA) is 64.0 Å². The summed E-state index contributed by atoms with van der Waals surface area (Å²) in [7, 11) is 0. The van der Waals surface area contributed by atoms with Crippen molar-refractivity contribution in [2.45, 2.75) is 6.54 Å². The predicted molar refractivity (Wildman–Crippen MR) is 78.9 cm³/mol. The van der Waals surface area contributed by atoms with Crippen molar-refractivity contribution < 1.29 is 13.6 Å². The first-order chi connectivity index (χ1) is 10.6. The van der Waals surface area contributed by atoms with Crippen LogP contribution >= 0.6 is 11.3 Å². The molecule has 0 spiro atoms. The Hall–Kier alpha value is -2.61. The van der Waals surface area contributed by atoms with Gasteiger partial charge in [0.25, 0.3) is 5.56 Å². The summed E-state index contributed by atoms with van der Waals surface area (Å²) >= 11 is 1.31. The molecule has 1 amide bonds. The van der Waals surface area contributed by atoms with E-state index in [1.165, 1.54) is 23.7 Å². The number of aromatic nitrogens is 2. The number of rotatable bonds is 3. The minimum atomic E-state index is -0.882. The van der Waals surface area contributed by atoms with Crippen LogP contribution in [0.3, 0.4) is 0 Å². The van der Waals surface area contributed by atoms with Crippen LogP contribution in [0.4, 0.5) is 14.5 Å². The molecule has 0 unspecified atom stereocenters. The number of benzene rings is 1. The molecule has 22 heavy (non-hydrogen) atoms. The minimum absolute atomic E-state index is 0.379. The molecule has 2 aromatic heterocycles. The zero-order valence-electron chi connectivity index (χ0n) is 11.0. The summed E-state index contributed by atoms with van der Waals surface area (Å²) in [4.78, 5) is 28.6. The smallest absolute Gasteiger partial charge is 0.262 e. The van der Waals surface area contributed by atoms with E-state index in [1.54, 1.807) is 11.4 Å². The van der Waals surface area contributed by atoms with E-state index in [-0.39, 0.29) is 12.1 Å². The minimum Gasteiger partial charge on any atom is -0.320 e. The Morgan fingerprint density at radius 1 is 1.27 bits per heavy atom. The Bertz CT molecular complexity index is 900. The molecule has 0 saturated carbocycles. The van der Waals surface area contributed by atoms with Gasteiger partial charge in [-0.25, -0.2) is 13.8 Å². The van der Waals surface area contributed by atoms with Gasteiger partial charge in [-0.1, -0.05) is 6.07 Å². The SMILES string of the molecule is O=C(Cn1cnc2sccc2c1=O)Nc1c(F)cccc1F. The number of hydrogen-bond donors (Lipinski definition) is 1. The average Bonchev–Trinajstić information content (AvgIpc) is 2.95. The van der Waals surface area contributed by atoms with E-state index in [9.17, 15) is 18.4 Å². The number of hydrogen-bond acceptors (Lipinski definition) is 4. The molecule has 1 aromatic carbocycles. The molecule has 8 heteroatoms. The van der Waals surface area contributed by atoms with E-state index >= 15 is 0 Å². The Labute approximate surface area is 126 Å². The molecule has 0 aliphatic carbocycles. The Kier molecular flexibility index (Phi) is 3.68. The lowest BCUT2D eigenvalue weighted by molar-refractivity contribution is -0.116. The van der Waals surface area contributed by atoms with Crippen molar-refractivity contribution in [1.29, 1.82) is 0 Å². The van der Waals surface area contributed by atoms with Crippen molar-refractivity contribution in [2.24, 2.45) is 0 Å². The highest BCUT2D eigenvalue weighted by molar-refractivity contribution is 7.16. The van der Waals surface area contributed by atoms with Crippen LogP contribution in [-0.2, 0) is 11.3 Å². The molecule has 3 rings (SSSR count). The molecule has 0 radical (unpaired) electrons. The van der Waals surface area contributed by atoms with Crippen LogP contribution in [0.2, 0.25) is 0 Å². The molecular weight excluding hydrogens is 312 g/mol. The molecule has 2 heterocycles. The number of amides is 1. The van der Waals surface area contributed by atoms with Crippen LogP contribution in [0.1, 0.15) is 0 Å². The van der Waals surface area contributed by atoms with Crippen molar-refractivity contribution in [3.8, 4) is 0 Å². The number of fused-ring (bicyclic) bond motifs is 1. The molecule has 5 nitrogen and oxygen atoms in total. The number of para-hydroxylation sites is 1. The molecule has 0 bridgehead atoms. The molecule has 3 aromatic rings. The van der Waals surface area contributed by atoms with Crippen molar-refractivity contribution in [1.82, 2.24) is 9.55 Å². The van der Waals surface area contributed by atoms with Crippen molar-refractivity contribution in [2.75, 3.05) is 5.32 Å². The van der Waals surface area contributed by atoms with Crippen LogP contribution < -0.4 is 10.9 Å². The first-order valence-corrected chi connectivity index (χ1v) is 7.11. The summed E-state index contributed by atoms with van der Waals surface area (Å²) in [5.74, 6) is -2.48. The molecule has 1 N–H and O–H groups in total. The quantitative estimate of drug-likeness (QED) is 0.805. The zero-order valence-corrected chi connectivity index (χ0v) is 11.9. The summed E-state index contributed by atoms with van der Waals surface area (Å²) < 4.78 is 28.0. The number of nitrogens with one attached hydrogen (secondary N) is 1. The monoisotopic (exact) mass is 321 g/mol. The number of anilines is 1. The summed E-state index contributed by atoms with van der Waals surface area (Å²) in [5.41, 5.74) is -0.916. The van der Waals surface area contributed by atoms with E-state index in [4.69, 9.17) is 0 Å². The van der Waals surface area contributed by atoms with Gasteiger partial charge in [-0.3, -0.25) is 14.2 Å². The fraction of sp³-hybridized carbons (Fsp3) is 0.0714. The van der Waals surface area contributed by atoms with Gasteiger partial charge in [0, 0.05) is 0 Å². The van der Waals surface area contributed by atoms with Gasteiger partial charge < -0.3 is 5.32 Å². The van der Waals surface area contributed by atoms with Crippen LogP contribution in [0.15, 0.2) is 40.8 Å². The number of thiophene rings is 1. The first kappa shape index (κ1) is 14.3. The van der Waals surface area contributed by atoms with E-state index in [2.05, 4.69) is 10.3 Å². The van der Waals surface area contributed by atoms with Crippen molar-refractivity contribution >= 4 is 33.1 Å². The number of halogens is 2. The van der Waals surface area contributed by atoms with Gasteiger partial charge in [-0.2, -0.15) is 0 Å². The highest BCUT2D eigenvalue weighted by Crippen LogP contribution is 2.18. The maximum absolute atomic E-state index is 13.5. The second kappa shape index (κ2) is 5.64.